The third-order valence-corrected chi connectivity index (χ3v) is 5.58. The van der Waals surface area contributed by atoms with Gasteiger partial charge in [-0.3, -0.25) is 14.9 Å². The molecule has 9 heteroatoms. The smallest absolute Gasteiger partial charge is 0.270 e. The molecule has 0 aliphatic rings. The number of sulfonamides is 1. The van der Waals surface area contributed by atoms with Gasteiger partial charge in [-0.25, -0.2) is 8.42 Å². The lowest BCUT2D eigenvalue weighted by atomic mass is 10.1. The normalized spacial score (nSPS) is 12.6. The van der Waals surface area contributed by atoms with Crippen LogP contribution in [0.5, 0.6) is 0 Å². The molecule has 0 aliphatic heterocycles. The first-order valence-electron chi connectivity index (χ1n) is 7.77. The van der Waals surface area contributed by atoms with Crippen LogP contribution < -0.4 is 5.32 Å². The molecule has 138 valence electrons. The Morgan fingerprint density at radius 1 is 1.19 bits per heavy atom. The van der Waals surface area contributed by atoms with Gasteiger partial charge < -0.3 is 5.32 Å². The van der Waals surface area contributed by atoms with Crippen LogP contribution in [-0.4, -0.2) is 37.1 Å². The molecule has 0 heterocycles. The van der Waals surface area contributed by atoms with E-state index in [0.717, 1.165) is 15.9 Å². The summed E-state index contributed by atoms with van der Waals surface area (Å²) in [6.45, 7) is 1.39. The van der Waals surface area contributed by atoms with Crippen LogP contribution in [0, 0.1) is 10.1 Å². The maximum Gasteiger partial charge on any atom is 0.270 e. The lowest BCUT2D eigenvalue weighted by Crippen LogP contribution is -2.39. The van der Waals surface area contributed by atoms with Crippen molar-refractivity contribution in [1.29, 1.82) is 0 Å². The topological polar surface area (TPSA) is 110 Å². The molecule has 8 nitrogen and oxygen atoms in total. The Bertz CT molecular complexity index is 900. The molecule has 0 saturated heterocycles. The predicted molar refractivity (Wildman–Crippen MR) is 95.9 cm³/mol. The molecule has 0 bridgehead atoms. The highest BCUT2D eigenvalue weighted by molar-refractivity contribution is 7.89. The van der Waals surface area contributed by atoms with Crippen LogP contribution in [0.4, 0.5) is 5.69 Å². The molecule has 0 saturated carbocycles. The number of rotatable bonds is 7. The SMILES string of the molecule is CC(NC(=O)CN(C)S(=O)(=O)c1cccc([N+](=O)[O-])c1)c1ccccc1. The van der Waals surface area contributed by atoms with E-state index in [1.54, 1.807) is 6.92 Å². The molecular formula is C17H19N3O5S. The predicted octanol–water partition coefficient (Wildman–Crippen LogP) is 2.09. The molecule has 26 heavy (non-hydrogen) atoms. The van der Waals surface area contributed by atoms with Gasteiger partial charge in [-0.1, -0.05) is 36.4 Å². The van der Waals surface area contributed by atoms with Crippen LogP contribution in [0.3, 0.4) is 0 Å². The minimum Gasteiger partial charge on any atom is -0.348 e. The molecule has 0 spiro atoms. The fourth-order valence-corrected chi connectivity index (χ4v) is 3.50. The number of nitrogens with one attached hydrogen (secondary N) is 1. The maximum atomic E-state index is 12.5. The molecule has 2 aromatic rings. The van der Waals surface area contributed by atoms with Crippen LogP contribution in [0.15, 0.2) is 59.5 Å². The lowest BCUT2D eigenvalue weighted by molar-refractivity contribution is -0.385. The number of non-ortho nitro benzene ring substituents is 1. The van der Waals surface area contributed by atoms with Gasteiger partial charge in [-0.15, -0.1) is 0 Å². The van der Waals surface area contributed by atoms with E-state index in [2.05, 4.69) is 5.32 Å². The molecule has 1 atom stereocenters. The minimum absolute atomic E-state index is 0.238. The van der Waals surface area contributed by atoms with Gasteiger partial charge in [-0.05, 0) is 18.6 Å². The molecule has 1 unspecified atom stereocenters. The van der Waals surface area contributed by atoms with E-state index >= 15 is 0 Å². The van der Waals surface area contributed by atoms with Crippen LogP contribution >= 0.6 is 0 Å². The Labute approximate surface area is 151 Å². The average Bonchev–Trinajstić information content (AvgIpc) is 2.62. The Hall–Kier alpha value is -2.78. The van der Waals surface area contributed by atoms with Gasteiger partial charge in [0.25, 0.3) is 5.69 Å². The van der Waals surface area contributed by atoms with E-state index in [-0.39, 0.29) is 16.6 Å². The third kappa shape index (κ3) is 4.64. The molecule has 1 amide bonds. The number of hydrogen-bond acceptors (Lipinski definition) is 5. The van der Waals surface area contributed by atoms with Crippen LogP contribution in [0.1, 0.15) is 18.5 Å². The van der Waals surface area contributed by atoms with Crippen molar-refractivity contribution in [1.82, 2.24) is 9.62 Å². The Balaban J connectivity index is 2.08. The van der Waals surface area contributed by atoms with Crippen molar-refractivity contribution in [2.75, 3.05) is 13.6 Å². The summed E-state index contributed by atoms with van der Waals surface area (Å²) >= 11 is 0. The van der Waals surface area contributed by atoms with E-state index in [4.69, 9.17) is 0 Å². The quantitative estimate of drug-likeness (QED) is 0.587. The monoisotopic (exact) mass is 377 g/mol. The van der Waals surface area contributed by atoms with Crippen molar-refractivity contribution in [2.45, 2.75) is 17.9 Å². The number of benzene rings is 2. The van der Waals surface area contributed by atoms with E-state index in [1.165, 1.54) is 25.2 Å². The first kappa shape index (κ1) is 19.5. The van der Waals surface area contributed by atoms with Gasteiger partial charge in [0.15, 0.2) is 0 Å². The zero-order valence-corrected chi connectivity index (χ0v) is 15.1. The van der Waals surface area contributed by atoms with Gasteiger partial charge in [0.2, 0.25) is 15.9 Å². The highest BCUT2D eigenvalue weighted by atomic mass is 32.2. The Morgan fingerprint density at radius 3 is 2.46 bits per heavy atom. The third-order valence-electron chi connectivity index (χ3n) is 3.78. The highest BCUT2D eigenvalue weighted by Gasteiger charge is 2.25. The largest absolute Gasteiger partial charge is 0.348 e. The zero-order chi connectivity index (χ0) is 19.3. The van der Waals surface area contributed by atoms with E-state index < -0.39 is 27.4 Å². The summed E-state index contributed by atoms with van der Waals surface area (Å²) in [6.07, 6.45) is 0. The molecule has 2 aromatic carbocycles. The molecule has 0 aliphatic carbocycles. The summed E-state index contributed by atoms with van der Waals surface area (Å²) in [5, 5.41) is 13.5. The van der Waals surface area contributed by atoms with Crippen molar-refractivity contribution < 1.29 is 18.1 Å². The molecular weight excluding hydrogens is 358 g/mol. The first-order chi connectivity index (χ1) is 12.2. The fraction of sp³-hybridized carbons (Fsp3) is 0.235. The Morgan fingerprint density at radius 2 is 1.85 bits per heavy atom. The highest BCUT2D eigenvalue weighted by Crippen LogP contribution is 2.20. The van der Waals surface area contributed by atoms with Gasteiger partial charge in [0.05, 0.1) is 22.4 Å². The number of carbonyl (C=O) groups is 1. The molecule has 0 radical (unpaired) electrons. The summed E-state index contributed by atoms with van der Waals surface area (Å²) in [4.78, 5) is 22.1. The van der Waals surface area contributed by atoms with Crippen molar-refractivity contribution in [3.8, 4) is 0 Å². The second-order valence-corrected chi connectivity index (χ2v) is 7.76. The molecule has 1 N–H and O–H groups in total. The van der Waals surface area contributed by atoms with Gasteiger partial charge in [0.1, 0.15) is 0 Å². The van der Waals surface area contributed by atoms with Crippen LogP contribution in [-0.2, 0) is 14.8 Å². The fourth-order valence-electron chi connectivity index (χ4n) is 2.34. The minimum atomic E-state index is -4.02. The number of nitro benzene ring substituents is 1. The van der Waals surface area contributed by atoms with Gasteiger partial charge in [0, 0.05) is 19.2 Å². The number of likely N-dealkylation sites (N-methyl/N-ethyl adjacent to an activating group) is 1. The summed E-state index contributed by atoms with van der Waals surface area (Å²) in [7, 11) is -2.77. The number of carbonyl (C=O) groups excluding carboxylic acids is 1. The van der Waals surface area contributed by atoms with E-state index in [0.29, 0.717) is 0 Å². The number of nitrogens with zero attached hydrogens (tertiary/aromatic N) is 2. The second-order valence-electron chi connectivity index (χ2n) is 5.72. The number of hydrogen-bond donors (Lipinski definition) is 1. The number of nitro groups is 1. The first-order valence-corrected chi connectivity index (χ1v) is 9.21. The lowest BCUT2D eigenvalue weighted by Gasteiger charge is -2.19. The van der Waals surface area contributed by atoms with E-state index in [9.17, 15) is 23.3 Å². The molecule has 2 rings (SSSR count). The molecule has 0 fully saturated rings. The van der Waals surface area contributed by atoms with Crippen LogP contribution in [0.2, 0.25) is 0 Å². The summed E-state index contributed by atoms with van der Waals surface area (Å²) in [6, 6.07) is 13.7. The van der Waals surface area contributed by atoms with Crippen molar-refractivity contribution >= 4 is 21.6 Å². The summed E-state index contributed by atoms with van der Waals surface area (Å²) in [5.41, 5.74) is 0.562. The number of amides is 1. The van der Waals surface area contributed by atoms with Crippen molar-refractivity contribution in [3.05, 3.63) is 70.3 Å². The second kappa shape index (κ2) is 8.07. The Kier molecular flexibility index (Phi) is 6.06. The van der Waals surface area contributed by atoms with Crippen LogP contribution in [0.25, 0.3) is 0 Å². The van der Waals surface area contributed by atoms with Gasteiger partial charge in [-0.2, -0.15) is 4.31 Å². The van der Waals surface area contributed by atoms with Crippen molar-refractivity contribution in [2.24, 2.45) is 0 Å². The van der Waals surface area contributed by atoms with Crippen molar-refractivity contribution in [3.63, 3.8) is 0 Å². The zero-order valence-electron chi connectivity index (χ0n) is 14.3. The summed E-state index contributed by atoms with van der Waals surface area (Å²) < 4.78 is 25.9. The van der Waals surface area contributed by atoms with E-state index in [1.807, 2.05) is 30.3 Å². The standard InChI is InChI=1S/C17H19N3O5S/c1-13(14-7-4-3-5-8-14)18-17(21)12-19(2)26(24,25)16-10-6-9-15(11-16)20(22)23/h3-11,13H,12H2,1-2H3,(H,18,21). The summed E-state index contributed by atoms with van der Waals surface area (Å²) in [5.74, 6) is -0.474. The molecule has 0 aromatic heterocycles. The van der Waals surface area contributed by atoms with Gasteiger partial charge >= 0.3 is 0 Å². The maximum absolute atomic E-state index is 12.5. The average molecular weight is 377 g/mol.